The molecule has 1 fully saturated rings. The average molecular weight is 504 g/mol. The van der Waals surface area contributed by atoms with Gasteiger partial charge in [-0.1, -0.05) is 71.9 Å². The van der Waals surface area contributed by atoms with Crippen molar-refractivity contribution in [2.45, 2.75) is 29.4 Å². The lowest BCUT2D eigenvalue weighted by Gasteiger charge is -2.23. The molecule has 2 aromatic carbocycles. The quantitative estimate of drug-likeness (QED) is 0.350. The van der Waals surface area contributed by atoms with Crippen LogP contribution in [0.25, 0.3) is 17.1 Å². The fourth-order valence-corrected chi connectivity index (χ4v) is 5.78. The van der Waals surface area contributed by atoms with E-state index in [9.17, 15) is 4.79 Å². The second-order valence-corrected chi connectivity index (χ2v) is 10.3. The number of rotatable bonds is 8. The van der Waals surface area contributed by atoms with Crippen LogP contribution in [-0.4, -0.2) is 50.1 Å². The van der Waals surface area contributed by atoms with E-state index in [1.807, 2.05) is 72.8 Å². The van der Waals surface area contributed by atoms with Gasteiger partial charge in [0.1, 0.15) is 0 Å². The highest BCUT2D eigenvalue weighted by atomic mass is 35.5. The van der Waals surface area contributed by atoms with Gasteiger partial charge in [0.2, 0.25) is 5.91 Å². The maximum Gasteiger partial charge on any atom is 0.237 e. The number of pyridine rings is 1. The molecule has 4 aromatic rings. The molecule has 0 saturated carbocycles. The number of halogens is 1. The zero-order valence-electron chi connectivity index (χ0n) is 19.1. The summed E-state index contributed by atoms with van der Waals surface area (Å²) in [5.74, 6) is 0.00531. The number of imidazole rings is 1. The molecule has 8 heteroatoms. The van der Waals surface area contributed by atoms with Crippen LogP contribution < -0.4 is 5.32 Å². The number of hydrogen-bond donors (Lipinski definition) is 2. The summed E-state index contributed by atoms with van der Waals surface area (Å²) < 4.78 is 0. The van der Waals surface area contributed by atoms with Gasteiger partial charge in [-0.25, -0.2) is 4.98 Å². The number of carbonyl (C=O) groups is 1. The number of nitrogens with zero attached hydrogens (tertiary/aromatic N) is 3. The van der Waals surface area contributed by atoms with Crippen LogP contribution in [0.4, 0.5) is 0 Å². The van der Waals surface area contributed by atoms with Crippen molar-refractivity contribution in [2.75, 3.05) is 13.1 Å². The van der Waals surface area contributed by atoms with Crippen molar-refractivity contribution in [3.63, 3.8) is 0 Å². The van der Waals surface area contributed by atoms with E-state index in [0.29, 0.717) is 18.1 Å². The molecule has 1 aliphatic rings. The fourth-order valence-electron chi connectivity index (χ4n) is 4.32. The maximum absolute atomic E-state index is 13.2. The van der Waals surface area contributed by atoms with Gasteiger partial charge in [-0.05, 0) is 41.8 Å². The highest BCUT2D eigenvalue weighted by molar-refractivity contribution is 7.99. The molecule has 0 unspecified atom stereocenters. The first-order valence-electron chi connectivity index (χ1n) is 11.6. The second kappa shape index (κ2) is 11.1. The third kappa shape index (κ3) is 6.11. The predicted octanol–water partition coefficient (Wildman–Crippen LogP) is 5.09. The summed E-state index contributed by atoms with van der Waals surface area (Å²) in [6.07, 6.45) is 6.18. The number of nitrogens with one attached hydrogen (secondary N) is 2. The molecule has 1 aliphatic heterocycles. The monoisotopic (exact) mass is 503 g/mol. The summed E-state index contributed by atoms with van der Waals surface area (Å²) in [5, 5.41) is 4.88. The largest absolute Gasteiger partial charge is 0.351 e. The zero-order valence-corrected chi connectivity index (χ0v) is 20.7. The summed E-state index contributed by atoms with van der Waals surface area (Å²) >= 11 is 8.34. The molecule has 1 saturated heterocycles. The lowest BCUT2D eigenvalue weighted by Crippen LogP contribution is -2.43. The van der Waals surface area contributed by atoms with Gasteiger partial charge < -0.3 is 10.3 Å². The van der Waals surface area contributed by atoms with Crippen molar-refractivity contribution in [1.82, 2.24) is 25.2 Å². The lowest BCUT2D eigenvalue weighted by atomic mass is 10.2. The molecule has 3 heterocycles. The van der Waals surface area contributed by atoms with Crippen LogP contribution >= 0.6 is 23.4 Å². The lowest BCUT2D eigenvalue weighted by molar-refractivity contribution is -0.125. The smallest absolute Gasteiger partial charge is 0.237 e. The number of benzene rings is 2. The van der Waals surface area contributed by atoms with E-state index in [4.69, 9.17) is 16.6 Å². The van der Waals surface area contributed by atoms with Crippen molar-refractivity contribution in [2.24, 2.45) is 0 Å². The zero-order chi connectivity index (χ0) is 24.0. The van der Waals surface area contributed by atoms with Gasteiger partial charge >= 0.3 is 0 Å². The van der Waals surface area contributed by atoms with Crippen molar-refractivity contribution in [3.8, 4) is 0 Å². The van der Waals surface area contributed by atoms with Crippen LogP contribution in [0.15, 0.2) is 89.3 Å². The Morgan fingerprint density at radius 3 is 2.77 bits per heavy atom. The van der Waals surface area contributed by atoms with Gasteiger partial charge in [0.15, 0.2) is 5.16 Å². The third-order valence-electron chi connectivity index (χ3n) is 5.98. The number of thioether (sulfide) groups is 1. The molecule has 2 N–H and O–H groups in total. The molecule has 0 aliphatic carbocycles. The summed E-state index contributed by atoms with van der Waals surface area (Å²) in [6, 6.07) is 21.6. The number of likely N-dealkylation sites (tertiary alicyclic amines) is 1. The number of amides is 1. The van der Waals surface area contributed by atoms with Crippen LogP contribution in [0, 0.1) is 0 Å². The Kier molecular flexibility index (Phi) is 7.47. The van der Waals surface area contributed by atoms with Crippen LogP contribution in [-0.2, 0) is 11.3 Å². The van der Waals surface area contributed by atoms with Gasteiger partial charge in [0.25, 0.3) is 0 Å². The van der Waals surface area contributed by atoms with Crippen LogP contribution in [0.5, 0.6) is 0 Å². The molecular weight excluding hydrogens is 478 g/mol. The standard InChI is InChI=1S/C27H26ClN5OS/c28-21(13-19-7-2-1-3-8-19)17-33-18-22(35-27-31-23-10-4-5-11-24(23)32-27)14-25(33)26(34)30-16-20-9-6-12-29-15-20/h1-13,15,22,25H,14,16-18H2,(H,30,34)(H,31,32)/t22-,25+/m1/s1. The number of fused-ring (bicyclic) bond motifs is 1. The topological polar surface area (TPSA) is 73.9 Å². The first kappa shape index (κ1) is 23.6. The Balaban J connectivity index is 1.30. The second-order valence-electron chi connectivity index (χ2n) is 8.56. The van der Waals surface area contributed by atoms with Gasteiger partial charge in [-0.15, -0.1) is 0 Å². The Hall–Kier alpha value is -3.13. The molecular formula is C27H26ClN5OS. The van der Waals surface area contributed by atoms with Gasteiger partial charge in [-0.2, -0.15) is 0 Å². The number of hydrogen-bond acceptors (Lipinski definition) is 5. The highest BCUT2D eigenvalue weighted by Crippen LogP contribution is 2.33. The molecule has 2 aromatic heterocycles. The van der Waals surface area contributed by atoms with Gasteiger partial charge in [-0.3, -0.25) is 14.7 Å². The van der Waals surface area contributed by atoms with Crippen LogP contribution in [0.3, 0.4) is 0 Å². The number of H-pyrrole nitrogens is 1. The van der Waals surface area contributed by atoms with E-state index < -0.39 is 0 Å². The molecule has 0 spiro atoms. The molecule has 6 nitrogen and oxygen atoms in total. The molecule has 1 amide bonds. The minimum atomic E-state index is -0.272. The Morgan fingerprint density at radius 2 is 1.97 bits per heavy atom. The normalized spacial score (nSPS) is 18.7. The maximum atomic E-state index is 13.2. The number of aromatic nitrogens is 3. The van der Waals surface area contributed by atoms with Crippen LogP contribution in [0.2, 0.25) is 0 Å². The van der Waals surface area contributed by atoms with E-state index in [-0.39, 0.29) is 17.2 Å². The Bertz CT molecular complexity index is 1280. The minimum Gasteiger partial charge on any atom is -0.351 e. The minimum absolute atomic E-state index is 0.00531. The number of para-hydroxylation sites is 2. The first-order chi connectivity index (χ1) is 17.1. The molecule has 178 valence electrons. The summed E-state index contributed by atoms with van der Waals surface area (Å²) in [5.41, 5.74) is 3.98. The number of aromatic amines is 1. The molecule has 0 radical (unpaired) electrons. The SMILES string of the molecule is O=C(NCc1cccnc1)[C@@H]1C[C@@H](Sc2nc3ccccc3[nH]2)CN1CC(Cl)=Cc1ccccc1. The average Bonchev–Trinajstić information content (AvgIpc) is 3.47. The van der Waals surface area contributed by atoms with Gasteiger partial charge in [0, 0.05) is 42.3 Å². The molecule has 5 rings (SSSR count). The van der Waals surface area contributed by atoms with E-state index in [1.165, 1.54) is 0 Å². The van der Waals surface area contributed by atoms with E-state index >= 15 is 0 Å². The van der Waals surface area contributed by atoms with Gasteiger partial charge in [0.05, 0.1) is 17.1 Å². The van der Waals surface area contributed by atoms with Crippen molar-refractivity contribution in [3.05, 3.63) is 95.3 Å². The summed E-state index contributed by atoms with van der Waals surface area (Å²) in [7, 11) is 0. The molecule has 2 atom stereocenters. The fraction of sp³-hybridized carbons (Fsp3) is 0.222. The van der Waals surface area contributed by atoms with E-state index in [0.717, 1.165) is 40.3 Å². The third-order valence-corrected chi connectivity index (χ3v) is 7.30. The summed E-state index contributed by atoms with van der Waals surface area (Å²) in [6.45, 7) is 1.70. The van der Waals surface area contributed by atoms with Crippen LogP contribution in [0.1, 0.15) is 17.5 Å². The van der Waals surface area contributed by atoms with Crippen molar-refractivity contribution >= 4 is 46.4 Å². The van der Waals surface area contributed by atoms with Crippen molar-refractivity contribution in [1.29, 1.82) is 0 Å². The summed E-state index contributed by atoms with van der Waals surface area (Å²) in [4.78, 5) is 27.6. The first-order valence-corrected chi connectivity index (χ1v) is 12.8. The molecule has 0 bridgehead atoms. The highest BCUT2D eigenvalue weighted by Gasteiger charge is 2.37. The van der Waals surface area contributed by atoms with E-state index in [2.05, 4.69) is 20.2 Å². The van der Waals surface area contributed by atoms with Crippen molar-refractivity contribution < 1.29 is 4.79 Å². The van der Waals surface area contributed by atoms with E-state index in [1.54, 1.807) is 24.2 Å². The molecule has 35 heavy (non-hydrogen) atoms. The predicted molar refractivity (Wildman–Crippen MR) is 142 cm³/mol. The Morgan fingerprint density at radius 1 is 1.14 bits per heavy atom. The number of carbonyl (C=O) groups excluding carboxylic acids is 1. The Labute approximate surface area is 213 Å².